The van der Waals surface area contributed by atoms with E-state index in [2.05, 4.69) is 10.3 Å². The molecule has 7 heteroatoms. The Morgan fingerprint density at radius 1 is 1.21 bits per heavy atom. The van der Waals surface area contributed by atoms with Crippen LogP contribution in [0.5, 0.6) is 0 Å². The average Bonchev–Trinajstić information content (AvgIpc) is 2.61. The number of esters is 1. The van der Waals surface area contributed by atoms with Crippen molar-refractivity contribution in [2.24, 2.45) is 0 Å². The van der Waals surface area contributed by atoms with Crippen molar-refractivity contribution >= 4 is 17.8 Å². The molecule has 2 heterocycles. The third-order valence-electron chi connectivity index (χ3n) is 3.94. The van der Waals surface area contributed by atoms with Gasteiger partial charge < -0.3 is 15.0 Å². The summed E-state index contributed by atoms with van der Waals surface area (Å²) < 4.78 is 4.80. The lowest BCUT2D eigenvalue weighted by molar-refractivity contribution is -0.144. The second kappa shape index (κ2) is 9.00. The highest BCUT2D eigenvalue weighted by atomic mass is 16.5. The number of carbonyl (C=O) groups is 3. The number of carbonyl (C=O) groups excluding carboxylic acids is 3. The molecule has 1 aliphatic heterocycles. The first-order chi connectivity index (χ1) is 11.6. The predicted octanol–water partition coefficient (Wildman–Crippen LogP) is 1.15. The highest BCUT2D eigenvalue weighted by Crippen LogP contribution is 2.14. The lowest BCUT2D eigenvalue weighted by Gasteiger charge is -2.32. The molecule has 1 aliphatic rings. The molecule has 1 aromatic rings. The zero-order chi connectivity index (χ0) is 17.4. The van der Waals surface area contributed by atoms with Gasteiger partial charge in [0.1, 0.15) is 0 Å². The maximum absolute atomic E-state index is 12.3. The van der Waals surface area contributed by atoms with E-state index in [4.69, 9.17) is 4.74 Å². The monoisotopic (exact) mass is 333 g/mol. The van der Waals surface area contributed by atoms with Crippen LogP contribution in [-0.4, -0.2) is 53.4 Å². The Labute approximate surface area is 141 Å². The lowest BCUT2D eigenvalue weighted by Crippen LogP contribution is -2.46. The highest BCUT2D eigenvalue weighted by molar-refractivity contribution is 5.94. The normalized spacial score (nSPS) is 15.0. The molecule has 0 aromatic carbocycles. The summed E-state index contributed by atoms with van der Waals surface area (Å²) in [5, 5.41) is 2.92. The molecule has 0 unspecified atom stereocenters. The van der Waals surface area contributed by atoms with Crippen molar-refractivity contribution < 1.29 is 19.1 Å². The first kappa shape index (κ1) is 17.9. The minimum absolute atomic E-state index is 0.00973. The van der Waals surface area contributed by atoms with Crippen LogP contribution in [0.4, 0.5) is 0 Å². The Balaban J connectivity index is 1.72. The van der Waals surface area contributed by atoms with E-state index in [9.17, 15) is 14.4 Å². The quantitative estimate of drug-likeness (QED) is 0.789. The number of likely N-dealkylation sites (tertiary alicyclic amines) is 1. The molecule has 0 spiro atoms. The van der Waals surface area contributed by atoms with Gasteiger partial charge in [-0.25, -0.2) is 0 Å². The van der Waals surface area contributed by atoms with Crippen LogP contribution in [-0.2, 0) is 14.3 Å². The number of ether oxygens (including phenoxy) is 1. The number of amides is 2. The zero-order valence-corrected chi connectivity index (χ0v) is 13.9. The molecule has 2 amide bonds. The maximum Gasteiger partial charge on any atom is 0.306 e. The van der Waals surface area contributed by atoms with Gasteiger partial charge in [-0.15, -0.1) is 0 Å². The van der Waals surface area contributed by atoms with E-state index in [0.29, 0.717) is 38.1 Å². The second-order valence-electron chi connectivity index (χ2n) is 5.67. The predicted molar refractivity (Wildman–Crippen MR) is 87.2 cm³/mol. The topological polar surface area (TPSA) is 88.6 Å². The Bertz CT molecular complexity index is 568. The largest absolute Gasteiger partial charge is 0.466 e. The molecule has 1 N–H and O–H groups in total. The van der Waals surface area contributed by atoms with Crippen LogP contribution in [0.1, 0.15) is 43.0 Å². The van der Waals surface area contributed by atoms with Gasteiger partial charge in [0, 0.05) is 43.5 Å². The molecule has 0 bridgehead atoms. The summed E-state index contributed by atoms with van der Waals surface area (Å²) in [6.07, 6.45) is 4.85. The van der Waals surface area contributed by atoms with E-state index in [1.54, 1.807) is 36.4 Å². The van der Waals surface area contributed by atoms with Crippen LogP contribution in [0.15, 0.2) is 24.5 Å². The summed E-state index contributed by atoms with van der Waals surface area (Å²) in [5.74, 6) is -0.517. The Morgan fingerprint density at radius 3 is 2.50 bits per heavy atom. The molecular weight excluding hydrogens is 310 g/mol. The molecule has 130 valence electrons. The smallest absolute Gasteiger partial charge is 0.306 e. The summed E-state index contributed by atoms with van der Waals surface area (Å²) in [7, 11) is 0. The molecule has 2 rings (SSSR count). The van der Waals surface area contributed by atoms with Gasteiger partial charge in [-0.2, -0.15) is 0 Å². The summed E-state index contributed by atoms with van der Waals surface area (Å²) in [6.45, 7) is 3.26. The Hall–Kier alpha value is -2.44. The number of pyridine rings is 1. The number of aromatic nitrogens is 1. The minimum atomic E-state index is -0.356. The van der Waals surface area contributed by atoms with Crippen LogP contribution in [0.2, 0.25) is 0 Å². The van der Waals surface area contributed by atoms with Crippen molar-refractivity contribution in [3.8, 4) is 0 Å². The highest BCUT2D eigenvalue weighted by Gasteiger charge is 2.24. The maximum atomic E-state index is 12.3. The third-order valence-corrected chi connectivity index (χ3v) is 3.94. The lowest BCUT2D eigenvalue weighted by atomic mass is 10.0. The third kappa shape index (κ3) is 5.33. The van der Waals surface area contributed by atoms with Crippen LogP contribution in [0, 0.1) is 0 Å². The molecule has 0 radical (unpaired) electrons. The van der Waals surface area contributed by atoms with E-state index in [-0.39, 0.29) is 36.7 Å². The number of rotatable bonds is 6. The molecule has 24 heavy (non-hydrogen) atoms. The van der Waals surface area contributed by atoms with Crippen molar-refractivity contribution in [2.75, 3.05) is 19.7 Å². The van der Waals surface area contributed by atoms with E-state index in [1.807, 2.05) is 0 Å². The molecule has 0 atom stereocenters. The van der Waals surface area contributed by atoms with Crippen LogP contribution < -0.4 is 5.32 Å². The van der Waals surface area contributed by atoms with Crippen LogP contribution >= 0.6 is 0 Å². The number of nitrogens with one attached hydrogen (secondary N) is 1. The van der Waals surface area contributed by atoms with Gasteiger partial charge in [-0.1, -0.05) is 0 Å². The van der Waals surface area contributed by atoms with Crippen molar-refractivity contribution in [1.82, 2.24) is 15.2 Å². The number of hydrogen-bond acceptors (Lipinski definition) is 5. The first-order valence-corrected chi connectivity index (χ1v) is 8.24. The number of hydrogen-bond donors (Lipinski definition) is 1. The van der Waals surface area contributed by atoms with E-state index < -0.39 is 0 Å². The number of nitrogens with zero attached hydrogens (tertiary/aromatic N) is 2. The number of piperidine rings is 1. The summed E-state index contributed by atoms with van der Waals surface area (Å²) in [5.41, 5.74) is 0.627. The van der Waals surface area contributed by atoms with Gasteiger partial charge in [-0.3, -0.25) is 19.4 Å². The Morgan fingerprint density at radius 2 is 1.88 bits per heavy atom. The fourth-order valence-corrected chi connectivity index (χ4v) is 2.65. The van der Waals surface area contributed by atoms with Crippen molar-refractivity contribution in [1.29, 1.82) is 0 Å². The second-order valence-corrected chi connectivity index (χ2v) is 5.67. The molecule has 0 saturated carbocycles. The van der Waals surface area contributed by atoms with Gasteiger partial charge in [0.25, 0.3) is 5.91 Å². The zero-order valence-electron chi connectivity index (χ0n) is 13.9. The van der Waals surface area contributed by atoms with Gasteiger partial charge >= 0.3 is 5.97 Å². The molecular formula is C17H23N3O4. The van der Waals surface area contributed by atoms with E-state index in [0.717, 1.165) is 0 Å². The first-order valence-electron chi connectivity index (χ1n) is 8.24. The fraction of sp³-hybridized carbons (Fsp3) is 0.529. The van der Waals surface area contributed by atoms with Crippen molar-refractivity contribution in [3.63, 3.8) is 0 Å². The van der Waals surface area contributed by atoms with Gasteiger partial charge in [0.15, 0.2) is 0 Å². The Kier molecular flexibility index (Phi) is 6.72. The van der Waals surface area contributed by atoms with Crippen LogP contribution in [0.25, 0.3) is 0 Å². The molecule has 1 fully saturated rings. The van der Waals surface area contributed by atoms with Gasteiger partial charge in [0.2, 0.25) is 5.91 Å². The van der Waals surface area contributed by atoms with Crippen LogP contribution in [0.3, 0.4) is 0 Å². The van der Waals surface area contributed by atoms with Crippen molar-refractivity contribution in [2.45, 2.75) is 38.6 Å². The molecule has 1 saturated heterocycles. The molecule has 7 nitrogen and oxygen atoms in total. The van der Waals surface area contributed by atoms with E-state index in [1.165, 1.54) is 0 Å². The van der Waals surface area contributed by atoms with Crippen molar-refractivity contribution in [3.05, 3.63) is 30.1 Å². The minimum Gasteiger partial charge on any atom is -0.466 e. The molecule has 1 aromatic heterocycles. The SMILES string of the molecule is CCOC(=O)CCC(=O)NC1CCN(C(=O)c2ccncc2)CC1. The van der Waals surface area contributed by atoms with E-state index >= 15 is 0 Å². The average molecular weight is 333 g/mol. The summed E-state index contributed by atoms with van der Waals surface area (Å²) in [6, 6.07) is 3.44. The molecule has 0 aliphatic carbocycles. The summed E-state index contributed by atoms with van der Waals surface area (Å²) in [4.78, 5) is 41.1. The van der Waals surface area contributed by atoms with Gasteiger partial charge in [-0.05, 0) is 31.9 Å². The summed E-state index contributed by atoms with van der Waals surface area (Å²) >= 11 is 0. The fourth-order valence-electron chi connectivity index (χ4n) is 2.65. The standard InChI is InChI=1S/C17H23N3O4/c1-2-24-16(22)4-3-15(21)19-14-7-11-20(12-8-14)17(23)13-5-9-18-10-6-13/h5-6,9-10,14H,2-4,7-8,11-12H2,1H3,(H,19,21). The van der Waals surface area contributed by atoms with Gasteiger partial charge in [0.05, 0.1) is 13.0 Å².